The molecule has 0 aliphatic carbocycles. The maximum absolute atomic E-state index is 14.5. The van der Waals surface area contributed by atoms with Crippen molar-refractivity contribution in [3.05, 3.63) is 167 Å². The third-order valence-corrected chi connectivity index (χ3v) is 9.47. The van der Waals surface area contributed by atoms with Gasteiger partial charge in [-0.15, -0.1) is 0 Å². The van der Waals surface area contributed by atoms with Crippen molar-refractivity contribution in [3.8, 4) is 5.75 Å². The van der Waals surface area contributed by atoms with Crippen LogP contribution in [-0.4, -0.2) is 33.2 Å². The molecule has 7 rings (SSSR count). The lowest BCUT2D eigenvalue weighted by atomic mass is 9.93. The number of nitro benzene ring substituents is 1. The fraction of sp³-hybridized carbons (Fsp3) is 0.154. The van der Waals surface area contributed by atoms with E-state index in [1.165, 1.54) is 23.5 Å². The zero-order valence-corrected chi connectivity index (χ0v) is 28.1. The first-order valence-electron chi connectivity index (χ1n) is 16.2. The predicted octanol–water partition coefficient (Wildman–Crippen LogP) is 6.25. The zero-order valence-electron chi connectivity index (χ0n) is 27.3. The predicted molar refractivity (Wildman–Crippen MR) is 193 cm³/mol. The number of nitro groups is 1. The van der Waals surface area contributed by atoms with Crippen LogP contribution in [0.3, 0.4) is 0 Å². The SMILES string of the molecule is CCOC(=O)C1=C(c2ccccc2)N=c2s/c(=C\c3cn(Cc4ccc([N+](=O)[O-])cc4)c4ccccc34)c(=O)n2[C@@H]1c1ccc(OCC)cc1. The number of para-hydroxylation sites is 1. The Bertz CT molecular complexity index is 2440. The summed E-state index contributed by atoms with van der Waals surface area (Å²) in [4.78, 5) is 44.4. The van der Waals surface area contributed by atoms with Crippen LogP contribution >= 0.6 is 11.3 Å². The molecule has 0 N–H and O–H groups in total. The molecule has 0 bridgehead atoms. The van der Waals surface area contributed by atoms with Crippen molar-refractivity contribution in [2.75, 3.05) is 13.2 Å². The molecular formula is C39H32N4O6S. The number of rotatable bonds is 10. The third kappa shape index (κ3) is 6.14. The minimum atomic E-state index is -0.804. The lowest BCUT2D eigenvalue weighted by Gasteiger charge is -2.26. The standard InChI is InChI=1S/C39H32N4O6S/c1-3-48-30-20-16-27(17-21-30)36-34(38(45)49-4-2)35(26-10-6-5-7-11-26)40-39-42(36)37(44)33(50-39)22-28-24-41(32-13-9-8-12-31(28)32)23-25-14-18-29(19-15-25)43(46)47/h5-22,24,36H,3-4,23H2,1-2H3/b33-22-/t36-/m1/s1. The Morgan fingerprint density at radius 2 is 1.66 bits per heavy atom. The molecule has 0 fully saturated rings. The fourth-order valence-corrected chi connectivity index (χ4v) is 7.24. The summed E-state index contributed by atoms with van der Waals surface area (Å²) in [6, 6.07) is 30.4. The van der Waals surface area contributed by atoms with Crippen molar-refractivity contribution in [2.24, 2.45) is 4.99 Å². The van der Waals surface area contributed by atoms with Gasteiger partial charge < -0.3 is 14.0 Å². The van der Waals surface area contributed by atoms with Gasteiger partial charge in [0.05, 0.1) is 40.0 Å². The van der Waals surface area contributed by atoms with Crippen molar-refractivity contribution in [2.45, 2.75) is 26.4 Å². The number of carbonyl (C=O) groups is 1. The highest BCUT2D eigenvalue weighted by molar-refractivity contribution is 7.07. The van der Waals surface area contributed by atoms with Crippen LogP contribution in [0.25, 0.3) is 22.7 Å². The minimum absolute atomic E-state index is 0.0345. The normalized spacial score (nSPS) is 14.4. The number of aromatic nitrogens is 2. The number of hydrogen-bond acceptors (Lipinski definition) is 8. The summed E-state index contributed by atoms with van der Waals surface area (Å²) in [5, 5.41) is 12.1. The summed E-state index contributed by atoms with van der Waals surface area (Å²) in [5.74, 6) is 0.135. The average Bonchev–Trinajstić information content (AvgIpc) is 3.64. The van der Waals surface area contributed by atoms with Crippen LogP contribution in [-0.2, 0) is 16.1 Å². The van der Waals surface area contributed by atoms with Gasteiger partial charge >= 0.3 is 5.97 Å². The highest BCUT2D eigenvalue weighted by Gasteiger charge is 2.35. The molecule has 10 nitrogen and oxygen atoms in total. The Kier molecular flexibility index (Phi) is 8.97. The van der Waals surface area contributed by atoms with E-state index in [4.69, 9.17) is 14.5 Å². The molecule has 1 aliphatic heterocycles. The molecule has 0 unspecified atom stereocenters. The Morgan fingerprint density at radius 3 is 2.36 bits per heavy atom. The monoisotopic (exact) mass is 684 g/mol. The number of esters is 1. The summed E-state index contributed by atoms with van der Waals surface area (Å²) in [5.41, 5.74) is 4.62. The van der Waals surface area contributed by atoms with Crippen LogP contribution in [0, 0.1) is 10.1 Å². The highest BCUT2D eigenvalue weighted by atomic mass is 32.1. The van der Waals surface area contributed by atoms with Gasteiger partial charge in [0.25, 0.3) is 11.2 Å². The summed E-state index contributed by atoms with van der Waals surface area (Å²) < 4.78 is 15.4. The van der Waals surface area contributed by atoms with Crippen LogP contribution in [0.4, 0.5) is 5.69 Å². The topological polar surface area (TPSA) is 118 Å². The number of nitrogens with zero attached hydrogens (tertiary/aromatic N) is 4. The number of benzene rings is 4. The molecule has 11 heteroatoms. The largest absolute Gasteiger partial charge is 0.494 e. The van der Waals surface area contributed by atoms with E-state index in [2.05, 4.69) is 4.57 Å². The molecular weight excluding hydrogens is 653 g/mol. The first kappa shape index (κ1) is 32.5. The third-order valence-electron chi connectivity index (χ3n) is 8.49. The zero-order chi connectivity index (χ0) is 34.8. The van der Waals surface area contributed by atoms with Gasteiger partial charge in [-0.25, -0.2) is 9.79 Å². The van der Waals surface area contributed by atoms with Crippen LogP contribution in [0.1, 0.15) is 42.1 Å². The molecule has 250 valence electrons. The number of ether oxygens (including phenoxy) is 2. The summed E-state index contributed by atoms with van der Waals surface area (Å²) >= 11 is 1.26. The molecule has 2 aromatic heterocycles. The van der Waals surface area contributed by atoms with Crippen molar-refractivity contribution >= 4 is 45.7 Å². The molecule has 6 aromatic rings. The van der Waals surface area contributed by atoms with Crippen molar-refractivity contribution in [1.82, 2.24) is 9.13 Å². The van der Waals surface area contributed by atoms with Crippen LogP contribution in [0.5, 0.6) is 5.75 Å². The number of carbonyl (C=O) groups excluding carboxylic acids is 1. The van der Waals surface area contributed by atoms with Crippen LogP contribution < -0.4 is 19.6 Å². The van der Waals surface area contributed by atoms with Gasteiger partial charge in [-0.1, -0.05) is 84.1 Å². The van der Waals surface area contributed by atoms with E-state index in [-0.39, 0.29) is 23.4 Å². The lowest BCUT2D eigenvalue weighted by molar-refractivity contribution is -0.384. The number of thiazole rings is 1. The van der Waals surface area contributed by atoms with E-state index in [0.717, 1.165) is 27.6 Å². The van der Waals surface area contributed by atoms with Gasteiger partial charge in [0.15, 0.2) is 4.80 Å². The van der Waals surface area contributed by atoms with E-state index in [0.29, 0.717) is 39.5 Å². The maximum Gasteiger partial charge on any atom is 0.338 e. The second kappa shape index (κ2) is 13.8. The second-order valence-electron chi connectivity index (χ2n) is 11.6. The molecule has 1 atom stereocenters. The van der Waals surface area contributed by atoms with E-state index >= 15 is 0 Å². The number of fused-ring (bicyclic) bond motifs is 2. The lowest BCUT2D eigenvalue weighted by Crippen LogP contribution is -2.40. The quantitative estimate of drug-likeness (QED) is 0.0958. The van der Waals surface area contributed by atoms with Crippen molar-refractivity contribution in [1.29, 1.82) is 0 Å². The molecule has 1 aliphatic rings. The Balaban J connectivity index is 1.41. The number of non-ortho nitro benzene ring substituents is 1. The molecule has 0 spiro atoms. The highest BCUT2D eigenvalue weighted by Crippen LogP contribution is 2.36. The average molecular weight is 685 g/mol. The molecule has 0 amide bonds. The molecule has 3 heterocycles. The minimum Gasteiger partial charge on any atom is -0.494 e. The molecule has 0 radical (unpaired) electrons. The van der Waals surface area contributed by atoms with E-state index in [9.17, 15) is 19.7 Å². The molecule has 50 heavy (non-hydrogen) atoms. The Morgan fingerprint density at radius 1 is 0.940 bits per heavy atom. The van der Waals surface area contributed by atoms with Crippen molar-refractivity contribution in [3.63, 3.8) is 0 Å². The maximum atomic E-state index is 14.5. The molecule has 0 saturated heterocycles. The van der Waals surface area contributed by atoms with Gasteiger partial charge in [0.2, 0.25) is 0 Å². The Hall–Kier alpha value is -6.07. The van der Waals surface area contributed by atoms with Crippen molar-refractivity contribution < 1.29 is 19.2 Å². The smallest absolute Gasteiger partial charge is 0.338 e. The van der Waals surface area contributed by atoms with E-state index < -0.39 is 16.9 Å². The first-order valence-corrected chi connectivity index (χ1v) is 17.0. The number of hydrogen-bond donors (Lipinski definition) is 0. The fourth-order valence-electron chi connectivity index (χ4n) is 6.25. The van der Waals surface area contributed by atoms with E-state index in [1.54, 1.807) is 23.6 Å². The van der Waals surface area contributed by atoms with Crippen LogP contribution in [0.15, 0.2) is 125 Å². The molecule has 0 saturated carbocycles. The second-order valence-corrected chi connectivity index (χ2v) is 12.6. The van der Waals surface area contributed by atoms with Gasteiger partial charge in [-0.3, -0.25) is 19.5 Å². The van der Waals surface area contributed by atoms with Gasteiger partial charge in [0.1, 0.15) is 5.75 Å². The first-order chi connectivity index (χ1) is 24.4. The van der Waals surface area contributed by atoms with E-state index in [1.807, 2.05) is 98.1 Å². The molecule has 4 aromatic carbocycles. The Labute approximate surface area is 290 Å². The van der Waals surface area contributed by atoms with Gasteiger partial charge in [0, 0.05) is 46.9 Å². The summed E-state index contributed by atoms with van der Waals surface area (Å²) in [6.45, 7) is 4.81. The summed E-state index contributed by atoms with van der Waals surface area (Å²) in [6.07, 6.45) is 3.84. The van der Waals surface area contributed by atoms with Gasteiger partial charge in [-0.2, -0.15) is 0 Å². The van der Waals surface area contributed by atoms with Gasteiger partial charge in [-0.05, 0) is 49.2 Å². The summed E-state index contributed by atoms with van der Waals surface area (Å²) in [7, 11) is 0. The van der Waals surface area contributed by atoms with Crippen LogP contribution in [0.2, 0.25) is 0 Å².